The summed E-state index contributed by atoms with van der Waals surface area (Å²) < 4.78 is 0. The lowest BCUT2D eigenvalue weighted by Crippen LogP contribution is -2.39. The fourth-order valence-corrected chi connectivity index (χ4v) is 3.74. The number of likely N-dealkylation sites (tertiary alicyclic amines) is 1. The predicted molar refractivity (Wildman–Crippen MR) is 110 cm³/mol. The minimum Gasteiger partial charge on any atom is -0.338 e. The van der Waals surface area contributed by atoms with E-state index in [9.17, 15) is 4.79 Å². The zero-order valence-corrected chi connectivity index (χ0v) is 16.7. The van der Waals surface area contributed by atoms with Crippen LogP contribution in [0.5, 0.6) is 0 Å². The predicted octanol–water partition coefficient (Wildman–Crippen LogP) is 4.34. The number of rotatable bonds is 2. The first-order chi connectivity index (χ1) is 13.4. The Labute approximate surface area is 165 Å². The minimum atomic E-state index is -0.125. The van der Waals surface area contributed by atoms with Crippen molar-refractivity contribution in [3.8, 4) is 0 Å². The van der Waals surface area contributed by atoms with Crippen LogP contribution in [0.1, 0.15) is 61.4 Å². The maximum atomic E-state index is 13.0. The number of aromatic nitrogens is 3. The van der Waals surface area contributed by atoms with Gasteiger partial charge in [0.1, 0.15) is 5.82 Å². The lowest BCUT2D eigenvalue weighted by atomic mass is 9.93. The van der Waals surface area contributed by atoms with Crippen molar-refractivity contribution in [2.45, 2.75) is 44.9 Å². The quantitative estimate of drug-likeness (QED) is 0.669. The van der Waals surface area contributed by atoms with E-state index in [0.717, 1.165) is 36.3 Å². The molecule has 0 radical (unpaired) electrons. The van der Waals surface area contributed by atoms with Gasteiger partial charge in [-0.3, -0.25) is 9.78 Å². The van der Waals surface area contributed by atoms with E-state index in [1.807, 2.05) is 23.2 Å². The number of carbonyl (C=O) groups is 1. The molecule has 1 saturated heterocycles. The summed E-state index contributed by atoms with van der Waals surface area (Å²) in [6.45, 7) is 7.65. The lowest BCUT2D eigenvalue weighted by molar-refractivity contribution is 0.0705. The van der Waals surface area contributed by atoms with Crippen LogP contribution in [0.4, 0.5) is 0 Å². The first-order valence-electron chi connectivity index (χ1n) is 9.88. The molecule has 1 amide bonds. The van der Waals surface area contributed by atoms with E-state index in [4.69, 9.17) is 0 Å². The zero-order valence-electron chi connectivity index (χ0n) is 16.7. The molecule has 1 atom stereocenters. The number of amides is 1. The SMILES string of the molecule is CC(C)(C)c1ncc(C(=O)N2CCCC(c3cc4ccccc4cn3)C2)cn1. The van der Waals surface area contributed by atoms with Gasteiger partial charge in [0.05, 0.1) is 5.56 Å². The molecule has 1 aliphatic heterocycles. The molecule has 3 heterocycles. The van der Waals surface area contributed by atoms with Crippen molar-refractivity contribution in [1.29, 1.82) is 0 Å². The second-order valence-electron chi connectivity index (χ2n) is 8.59. The number of pyridine rings is 1. The molecule has 3 aromatic rings. The van der Waals surface area contributed by atoms with Crippen LogP contribution in [0.2, 0.25) is 0 Å². The van der Waals surface area contributed by atoms with Gasteiger partial charge in [-0.2, -0.15) is 0 Å². The molecular weight excluding hydrogens is 348 g/mol. The molecule has 144 valence electrons. The number of hydrogen-bond acceptors (Lipinski definition) is 4. The van der Waals surface area contributed by atoms with Gasteiger partial charge in [-0.25, -0.2) is 9.97 Å². The van der Waals surface area contributed by atoms with Gasteiger partial charge in [-0.15, -0.1) is 0 Å². The summed E-state index contributed by atoms with van der Waals surface area (Å²) in [4.78, 5) is 28.4. The summed E-state index contributed by atoms with van der Waals surface area (Å²) in [5, 5.41) is 2.34. The zero-order chi connectivity index (χ0) is 19.7. The lowest BCUT2D eigenvalue weighted by Gasteiger charge is -2.32. The molecule has 28 heavy (non-hydrogen) atoms. The Kier molecular flexibility index (Phi) is 4.84. The minimum absolute atomic E-state index is 0.00551. The Balaban J connectivity index is 1.52. The van der Waals surface area contributed by atoms with Crippen LogP contribution < -0.4 is 0 Å². The number of piperidine rings is 1. The highest BCUT2D eigenvalue weighted by Crippen LogP contribution is 2.28. The number of benzene rings is 1. The Morgan fingerprint density at radius 2 is 1.75 bits per heavy atom. The molecular formula is C23H26N4O. The van der Waals surface area contributed by atoms with E-state index in [0.29, 0.717) is 12.1 Å². The molecule has 5 nitrogen and oxygen atoms in total. The van der Waals surface area contributed by atoms with E-state index < -0.39 is 0 Å². The van der Waals surface area contributed by atoms with Crippen molar-refractivity contribution in [3.05, 3.63) is 66.0 Å². The molecule has 4 rings (SSSR count). The monoisotopic (exact) mass is 374 g/mol. The van der Waals surface area contributed by atoms with Gasteiger partial charge in [0.15, 0.2) is 0 Å². The molecule has 5 heteroatoms. The first kappa shape index (κ1) is 18.5. The Morgan fingerprint density at radius 3 is 2.46 bits per heavy atom. The van der Waals surface area contributed by atoms with Crippen LogP contribution >= 0.6 is 0 Å². The third-order valence-corrected chi connectivity index (χ3v) is 5.35. The van der Waals surface area contributed by atoms with Gasteiger partial charge in [-0.1, -0.05) is 45.0 Å². The molecule has 0 saturated carbocycles. The molecule has 1 fully saturated rings. The second-order valence-corrected chi connectivity index (χ2v) is 8.59. The fourth-order valence-electron chi connectivity index (χ4n) is 3.74. The third-order valence-electron chi connectivity index (χ3n) is 5.35. The molecule has 0 spiro atoms. The largest absolute Gasteiger partial charge is 0.338 e. The van der Waals surface area contributed by atoms with Crippen molar-refractivity contribution in [2.75, 3.05) is 13.1 Å². The normalized spacial score (nSPS) is 17.7. The van der Waals surface area contributed by atoms with Crippen molar-refractivity contribution in [3.63, 3.8) is 0 Å². The highest BCUT2D eigenvalue weighted by molar-refractivity contribution is 5.93. The highest BCUT2D eigenvalue weighted by Gasteiger charge is 2.27. The van der Waals surface area contributed by atoms with Gasteiger partial charge >= 0.3 is 0 Å². The van der Waals surface area contributed by atoms with E-state index >= 15 is 0 Å². The average molecular weight is 374 g/mol. The van der Waals surface area contributed by atoms with Crippen molar-refractivity contribution in [2.24, 2.45) is 0 Å². The first-order valence-corrected chi connectivity index (χ1v) is 9.88. The van der Waals surface area contributed by atoms with E-state index in [-0.39, 0.29) is 17.2 Å². The van der Waals surface area contributed by atoms with Gasteiger partial charge < -0.3 is 4.90 Å². The molecule has 0 aliphatic carbocycles. The fraction of sp³-hybridized carbons (Fsp3) is 0.391. The van der Waals surface area contributed by atoms with Crippen LogP contribution in [-0.2, 0) is 5.41 Å². The van der Waals surface area contributed by atoms with Crippen LogP contribution in [0, 0.1) is 0 Å². The van der Waals surface area contributed by atoms with Gasteiger partial charge in [0.2, 0.25) is 0 Å². The maximum absolute atomic E-state index is 13.0. The van der Waals surface area contributed by atoms with Crippen LogP contribution in [0.25, 0.3) is 10.8 Å². The Hall–Kier alpha value is -2.82. The Bertz CT molecular complexity index is 991. The highest BCUT2D eigenvalue weighted by atomic mass is 16.2. The van der Waals surface area contributed by atoms with Gasteiger partial charge in [0.25, 0.3) is 5.91 Å². The summed E-state index contributed by atoms with van der Waals surface area (Å²) in [6, 6.07) is 10.4. The van der Waals surface area contributed by atoms with Crippen molar-refractivity contribution in [1.82, 2.24) is 19.9 Å². The summed E-state index contributed by atoms with van der Waals surface area (Å²) in [7, 11) is 0. The van der Waals surface area contributed by atoms with Crippen LogP contribution in [0.3, 0.4) is 0 Å². The smallest absolute Gasteiger partial charge is 0.257 e. The number of hydrogen-bond donors (Lipinski definition) is 0. The second kappa shape index (κ2) is 7.30. The maximum Gasteiger partial charge on any atom is 0.257 e. The third kappa shape index (κ3) is 3.75. The molecule has 1 unspecified atom stereocenters. The van der Waals surface area contributed by atoms with Crippen LogP contribution in [-0.4, -0.2) is 38.8 Å². The molecule has 1 aliphatic rings. The van der Waals surface area contributed by atoms with E-state index in [1.165, 1.54) is 5.39 Å². The standard InChI is InChI=1S/C23H26N4O/c1-23(2,3)22-25-13-19(14-26-22)21(28)27-10-6-9-18(15-27)20-11-16-7-4-5-8-17(16)12-24-20/h4-5,7-8,11-14,18H,6,9-10,15H2,1-3H3. The molecule has 2 aromatic heterocycles. The van der Waals surface area contributed by atoms with E-state index in [2.05, 4.69) is 53.9 Å². The van der Waals surface area contributed by atoms with Crippen molar-refractivity contribution < 1.29 is 4.79 Å². The number of nitrogens with zero attached hydrogens (tertiary/aromatic N) is 4. The van der Waals surface area contributed by atoms with Crippen molar-refractivity contribution >= 4 is 16.7 Å². The summed E-state index contributed by atoms with van der Waals surface area (Å²) in [5.74, 6) is 1.02. The van der Waals surface area contributed by atoms with Gasteiger partial charge in [0, 0.05) is 54.1 Å². The molecule has 1 aromatic carbocycles. The van der Waals surface area contributed by atoms with Gasteiger partial charge in [-0.05, 0) is 24.3 Å². The Morgan fingerprint density at radius 1 is 1.04 bits per heavy atom. The number of fused-ring (bicyclic) bond motifs is 1. The average Bonchev–Trinajstić information content (AvgIpc) is 2.72. The number of carbonyl (C=O) groups excluding carboxylic acids is 1. The summed E-state index contributed by atoms with van der Waals surface area (Å²) >= 11 is 0. The molecule has 0 bridgehead atoms. The topological polar surface area (TPSA) is 59.0 Å². The van der Waals surface area contributed by atoms with E-state index in [1.54, 1.807) is 12.4 Å². The van der Waals surface area contributed by atoms with Crippen LogP contribution in [0.15, 0.2) is 48.9 Å². The summed E-state index contributed by atoms with van der Waals surface area (Å²) in [6.07, 6.45) is 7.28. The summed E-state index contributed by atoms with van der Waals surface area (Å²) in [5.41, 5.74) is 1.50. The molecule has 0 N–H and O–H groups in total.